The van der Waals surface area contributed by atoms with E-state index in [9.17, 15) is 14.4 Å². The number of ether oxygens (including phenoxy) is 1. The molecule has 0 saturated carbocycles. The highest BCUT2D eigenvalue weighted by Crippen LogP contribution is 2.03. The minimum absolute atomic E-state index is 0.0528. The maximum atomic E-state index is 12.0. The van der Waals surface area contributed by atoms with Crippen molar-refractivity contribution in [3.8, 4) is 0 Å². The van der Waals surface area contributed by atoms with E-state index in [1.807, 2.05) is 0 Å². The van der Waals surface area contributed by atoms with Crippen molar-refractivity contribution in [1.29, 1.82) is 0 Å². The number of hydrogen-bond acceptors (Lipinski definition) is 4. The summed E-state index contributed by atoms with van der Waals surface area (Å²) in [7, 11) is 2.83. The Balaban J connectivity index is 2.77. The van der Waals surface area contributed by atoms with Crippen LogP contribution in [0.25, 0.3) is 0 Å². The molecule has 6 heteroatoms. The number of aromatic nitrogens is 1. The van der Waals surface area contributed by atoms with E-state index in [0.717, 1.165) is 0 Å². The summed E-state index contributed by atoms with van der Waals surface area (Å²) in [5, 5.41) is 0. The largest absolute Gasteiger partial charge is 0.469 e. The third-order valence-electron chi connectivity index (χ3n) is 2.55. The fraction of sp³-hybridized carbons (Fsp3) is 0.417. The highest BCUT2D eigenvalue weighted by atomic mass is 16.5. The van der Waals surface area contributed by atoms with Crippen molar-refractivity contribution >= 4 is 11.9 Å². The number of amides is 1. The van der Waals surface area contributed by atoms with Gasteiger partial charge in [0.2, 0.25) is 0 Å². The molecule has 1 atom stereocenters. The number of carbonyl (C=O) groups is 2. The third kappa shape index (κ3) is 3.19. The highest BCUT2D eigenvalue weighted by molar-refractivity contribution is 5.93. The number of aromatic amines is 1. The number of nitrogens with zero attached hydrogens (tertiary/aromatic N) is 1. The molecule has 18 heavy (non-hydrogen) atoms. The molecule has 1 heterocycles. The molecular formula is C12H16N2O4. The van der Waals surface area contributed by atoms with Crippen LogP contribution in [-0.4, -0.2) is 42.5 Å². The lowest BCUT2D eigenvalue weighted by Gasteiger charge is -2.19. The maximum absolute atomic E-state index is 12.0. The van der Waals surface area contributed by atoms with Crippen molar-refractivity contribution in [3.63, 3.8) is 0 Å². The summed E-state index contributed by atoms with van der Waals surface area (Å²) in [6.07, 6.45) is 2.81. The van der Waals surface area contributed by atoms with Crippen molar-refractivity contribution in [1.82, 2.24) is 9.88 Å². The van der Waals surface area contributed by atoms with Gasteiger partial charge in [-0.3, -0.25) is 14.4 Å². The van der Waals surface area contributed by atoms with Crippen LogP contribution in [0.5, 0.6) is 0 Å². The summed E-state index contributed by atoms with van der Waals surface area (Å²) < 4.78 is 4.58. The molecule has 1 rings (SSSR count). The van der Waals surface area contributed by atoms with E-state index in [4.69, 9.17) is 0 Å². The van der Waals surface area contributed by atoms with Crippen LogP contribution in [-0.2, 0) is 9.53 Å². The standard InChI is InChI=1S/C12H16N2O4/c1-8(12(17)18-3)7-14(2)11(16)9-6-13-5-4-10(9)15/h4-6,8H,7H2,1-3H3,(H,13,15). The van der Waals surface area contributed by atoms with Gasteiger partial charge in [0.1, 0.15) is 5.56 Å². The normalized spacial score (nSPS) is 11.7. The van der Waals surface area contributed by atoms with Gasteiger partial charge in [0.15, 0.2) is 5.43 Å². The van der Waals surface area contributed by atoms with Gasteiger partial charge in [0.25, 0.3) is 5.91 Å². The molecule has 1 N–H and O–H groups in total. The number of esters is 1. The predicted molar refractivity (Wildman–Crippen MR) is 65.2 cm³/mol. The van der Waals surface area contributed by atoms with Crippen molar-refractivity contribution in [2.45, 2.75) is 6.92 Å². The first-order valence-electron chi connectivity index (χ1n) is 5.47. The molecular weight excluding hydrogens is 236 g/mol. The maximum Gasteiger partial charge on any atom is 0.310 e. The number of pyridine rings is 1. The fourth-order valence-corrected chi connectivity index (χ4v) is 1.56. The Morgan fingerprint density at radius 1 is 1.50 bits per heavy atom. The van der Waals surface area contributed by atoms with Crippen LogP contribution in [0, 0.1) is 5.92 Å². The molecule has 1 aromatic rings. The van der Waals surface area contributed by atoms with Crippen LogP contribution in [0.3, 0.4) is 0 Å². The molecule has 0 spiro atoms. The molecule has 0 aliphatic heterocycles. The zero-order chi connectivity index (χ0) is 13.7. The monoisotopic (exact) mass is 252 g/mol. The van der Waals surface area contributed by atoms with Crippen molar-refractivity contribution in [2.75, 3.05) is 20.7 Å². The second-order valence-corrected chi connectivity index (χ2v) is 4.03. The number of methoxy groups -OCH3 is 1. The van der Waals surface area contributed by atoms with E-state index in [2.05, 4.69) is 9.72 Å². The Kier molecular flexibility index (Phi) is 4.65. The van der Waals surface area contributed by atoms with Crippen molar-refractivity contribution < 1.29 is 14.3 Å². The Morgan fingerprint density at radius 3 is 2.72 bits per heavy atom. The molecule has 0 saturated heterocycles. The third-order valence-corrected chi connectivity index (χ3v) is 2.55. The summed E-state index contributed by atoms with van der Waals surface area (Å²) in [5.74, 6) is -1.25. The molecule has 0 aliphatic carbocycles. The van der Waals surface area contributed by atoms with E-state index in [1.165, 1.54) is 37.5 Å². The molecule has 0 aromatic carbocycles. The number of hydrogen-bond donors (Lipinski definition) is 1. The molecule has 1 amide bonds. The fourth-order valence-electron chi connectivity index (χ4n) is 1.56. The second kappa shape index (κ2) is 6.00. The zero-order valence-corrected chi connectivity index (χ0v) is 10.6. The highest BCUT2D eigenvalue weighted by Gasteiger charge is 2.20. The predicted octanol–water partition coefficient (Wildman–Crippen LogP) is 0.256. The Morgan fingerprint density at radius 2 is 2.17 bits per heavy atom. The van der Waals surface area contributed by atoms with E-state index >= 15 is 0 Å². The Bertz CT molecular complexity index is 495. The summed E-state index contributed by atoms with van der Waals surface area (Å²) in [6, 6.07) is 1.28. The number of H-pyrrole nitrogens is 1. The summed E-state index contributed by atoms with van der Waals surface area (Å²) in [6.45, 7) is 1.85. The summed E-state index contributed by atoms with van der Waals surface area (Å²) in [5.41, 5.74) is -0.298. The number of nitrogens with one attached hydrogen (secondary N) is 1. The van der Waals surface area contributed by atoms with Gasteiger partial charge in [-0.25, -0.2) is 0 Å². The van der Waals surface area contributed by atoms with Gasteiger partial charge in [0.05, 0.1) is 13.0 Å². The summed E-state index contributed by atoms with van der Waals surface area (Å²) in [4.78, 5) is 38.7. The minimum Gasteiger partial charge on any atom is -0.469 e. The van der Waals surface area contributed by atoms with E-state index < -0.39 is 17.8 Å². The minimum atomic E-state index is -0.438. The topological polar surface area (TPSA) is 79.5 Å². The average Bonchev–Trinajstić information content (AvgIpc) is 2.37. The van der Waals surface area contributed by atoms with Gasteiger partial charge in [-0.1, -0.05) is 6.92 Å². The van der Waals surface area contributed by atoms with Crippen molar-refractivity contribution in [2.24, 2.45) is 5.92 Å². The molecule has 1 aromatic heterocycles. The van der Waals surface area contributed by atoms with Crippen LogP contribution in [0.2, 0.25) is 0 Å². The van der Waals surface area contributed by atoms with Crippen LogP contribution >= 0.6 is 0 Å². The van der Waals surface area contributed by atoms with Crippen LogP contribution in [0.15, 0.2) is 23.3 Å². The number of rotatable bonds is 4. The van der Waals surface area contributed by atoms with E-state index in [0.29, 0.717) is 0 Å². The molecule has 0 aliphatic rings. The molecule has 0 radical (unpaired) electrons. The Hall–Kier alpha value is -2.11. The van der Waals surface area contributed by atoms with Gasteiger partial charge in [-0.05, 0) is 0 Å². The molecule has 6 nitrogen and oxygen atoms in total. The number of carbonyl (C=O) groups excluding carboxylic acids is 2. The second-order valence-electron chi connectivity index (χ2n) is 4.03. The smallest absolute Gasteiger partial charge is 0.310 e. The van der Waals surface area contributed by atoms with Crippen LogP contribution in [0.1, 0.15) is 17.3 Å². The van der Waals surface area contributed by atoms with Gasteiger partial charge < -0.3 is 14.6 Å². The first-order valence-corrected chi connectivity index (χ1v) is 5.47. The lowest BCUT2D eigenvalue weighted by molar-refractivity contribution is -0.145. The van der Waals surface area contributed by atoms with Gasteiger partial charge in [-0.15, -0.1) is 0 Å². The SMILES string of the molecule is COC(=O)C(C)CN(C)C(=O)c1c[nH]ccc1=O. The quantitative estimate of drug-likeness (QED) is 0.779. The lowest BCUT2D eigenvalue weighted by atomic mass is 10.1. The molecule has 98 valence electrons. The first kappa shape index (κ1) is 14.0. The molecule has 1 unspecified atom stereocenters. The molecule has 0 bridgehead atoms. The van der Waals surface area contributed by atoms with Gasteiger partial charge >= 0.3 is 5.97 Å². The van der Waals surface area contributed by atoms with E-state index in [-0.39, 0.29) is 17.5 Å². The average molecular weight is 252 g/mol. The van der Waals surface area contributed by atoms with Crippen LogP contribution in [0.4, 0.5) is 0 Å². The summed E-state index contributed by atoms with van der Waals surface area (Å²) >= 11 is 0. The van der Waals surface area contributed by atoms with Gasteiger partial charge in [-0.2, -0.15) is 0 Å². The van der Waals surface area contributed by atoms with E-state index in [1.54, 1.807) is 6.92 Å². The zero-order valence-electron chi connectivity index (χ0n) is 10.6. The lowest BCUT2D eigenvalue weighted by Crippen LogP contribution is -2.36. The van der Waals surface area contributed by atoms with Gasteiger partial charge in [0, 0.05) is 32.1 Å². The van der Waals surface area contributed by atoms with Crippen LogP contribution < -0.4 is 5.43 Å². The van der Waals surface area contributed by atoms with Crippen molar-refractivity contribution in [3.05, 3.63) is 34.2 Å². The Labute approximate surface area is 105 Å². The first-order chi connectivity index (χ1) is 8.47. The molecule has 0 fully saturated rings.